The normalized spacial score (nSPS) is 13.7. The Morgan fingerprint density at radius 1 is 1.13 bits per heavy atom. The largest absolute Gasteiger partial charge is 0.497 e. The molecule has 168 valence electrons. The van der Waals surface area contributed by atoms with Crippen molar-refractivity contribution < 1.29 is 27.4 Å². The molecular formula is C22H28N2O6S. The summed E-state index contributed by atoms with van der Waals surface area (Å²) in [5.74, 6) is 1.64. The summed E-state index contributed by atoms with van der Waals surface area (Å²) in [5, 5.41) is 2.98. The second-order valence-corrected chi connectivity index (χ2v) is 9.74. The van der Waals surface area contributed by atoms with Crippen LogP contribution in [-0.2, 0) is 14.8 Å². The molecule has 0 aromatic heterocycles. The number of fused-ring (bicyclic) bond motifs is 1. The lowest BCUT2D eigenvalue weighted by Crippen LogP contribution is -2.41. The number of ether oxygens (including phenoxy) is 3. The van der Waals surface area contributed by atoms with Gasteiger partial charge in [0.1, 0.15) is 12.3 Å². The molecule has 31 heavy (non-hydrogen) atoms. The van der Waals surface area contributed by atoms with Crippen molar-refractivity contribution in [2.45, 2.75) is 26.3 Å². The van der Waals surface area contributed by atoms with Gasteiger partial charge in [0, 0.05) is 6.07 Å². The van der Waals surface area contributed by atoms with E-state index < -0.39 is 15.9 Å². The minimum absolute atomic E-state index is 0.0802. The maximum absolute atomic E-state index is 12.9. The number of anilines is 1. The van der Waals surface area contributed by atoms with E-state index in [1.165, 1.54) is 0 Å². The number of benzene rings is 2. The van der Waals surface area contributed by atoms with Gasteiger partial charge in [-0.2, -0.15) is 0 Å². The molecule has 1 unspecified atom stereocenters. The molecule has 2 aromatic carbocycles. The lowest BCUT2D eigenvalue weighted by molar-refractivity contribution is -0.120. The van der Waals surface area contributed by atoms with Crippen LogP contribution in [0, 0.1) is 5.92 Å². The maximum atomic E-state index is 12.9. The molecule has 8 nitrogen and oxygen atoms in total. The van der Waals surface area contributed by atoms with E-state index in [1.807, 2.05) is 24.3 Å². The molecule has 9 heteroatoms. The first kappa shape index (κ1) is 22.7. The van der Waals surface area contributed by atoms with Crippen LogP contribution < -0.4 is 23.8 Å². The zero-order valence-corrected chi connectivity index (χ0v) is 18.9. The Bertz CT molecular complexity index is 1020. The highest BCUT2D eigenvalue weighted by Crippen LogP contribution is 2.36. The van der Waals surface area contributed by atoms with Gasteiger partial charge in [0.25, 0.3) is 0 Å². The van der Waals surface area contributed by atoms with Crippen LogP contribution in [0.3, 0.4) is 0 Å². The molecule has 0 bridgehead atoms. The highest BCUT2D eigenvalue weighted by atomic mass is 32.2. The van der Waals surface area contributed by atoms with Gasteiger partial charge >= 0.3 is 0 Å². The first-order valence-corrected chi connectivity index (χ1v) is 11.8. The Kier molecular flexibility index (Phi) is 6.94. The van der Waals surface area contributed by atoms with Crippen LogP contribution in [0.15, 0.2) is 42.5 Å². The average molecular weight is 449 g/mol. The van der Waals surface area contributed by atoms with E-state index in [2.05, 4.69) is 19.2 Å². The minimum Gasteiger partial charge on any atom is -0.497 e. The lowest BCUT2D eigenvalue weighted by Gasteiger charge is -2.25. The summed E-state index contributed by atoms with van der Waals surface area (Å²) in [5.41, 5.74) is 1.27. The van der Waals surface area contributed by atoms with Gasteiger partial charge < -0.3 is 19.5 Å². The summed E-state index contributed by atoms with van der Waals surface area (Å²) in [6, 6.07) is 12.0. The molecule has 0 saturated carbocycles. The predicted octanol–water partition coefficient (Wildman–Crippen LogP) is 3.09. The van der Waals surface area contributed by atoms with Crippen LogP contribution >= 0.6 is 0 Å². The summed E-state index contributed by atoms with van der Waals surface area (Å²) < 4.78 is 41.7. The highest BCUT2D eigenvalue weighted by Gasteiger charge is 2.25. The topological polar surface area (TPSA) is 94.2 Å². The van der Waals surface area contributed by atoms with Gasteiger partial charge in [0.05, 0.1) is 25.1 Å². The number of nitrogens with zero attached hydrogens (tertiary/aromatic N) is 1. The van der Waals surface area contributed by atoms with Crippen LogP contribution in [0.1, 0.15) is 31.9 Å². The minimum atomic E-state index is -3.70. The second-order valence-electron chi connectivity index (χ2n) is 7.83. The van der Waals surface area contributed by atoms with Crippen LogP contribution in [0.25, 0.3) is 0 Å². The summed E-state index contributed by atoms with van der Waals surface area (Å²) in [7, 11) is -2.11. The summed E-state index contributed by atoms with van der Waals surface area (Å²) in [6.07, 6.45) is 1.78. The fourth-order valence-electron chi connectivity index (χ4n) is 3.40. The number of hydrogen-bond acceptors (Lipinski definition) is 6. The van der Waals surface area contributed by atoms with Crippen molar-refractivity contribution in [3.8, 4) is 17.2 Å². The third kappa shape index (κ3) is 5.81. The Labute approximate surface area is 183 Å². The van der Waals surface area contributed by atoms with Crippen LogP contribution in [0.5, 0.6) is 17.2 Å². The zero-order chi connectivity index (χ0) is 22.6. The Balaban J connectivity index is 1.79. The summed E-state index contributed by atoms with van der Waals surface area (Å²) in [4.78, 5) is 12.9. The van der Waals surface area contributed by atoms with E-state index in [9.17, 15) is 13.2 Å². The Morgan fingerprint density at radius 2 is 1.81 bits per heavy atom. The first-order valence-electron chi connectivity index (χ1n) is 9.98. The molecule has 0 spiro atoms. The molecule has 1 aliphatic heterocycles. The standard InChI is InChI=1S/C22H28N2O6S/c1-15(2)11-19(16-5-8-18(28-3)9-6-16)23-22(25)13-24(31(4,26)27)17-7-10-20-21(12-17)30-14-29-20/h5-10,12,15,19H,11,13-14H2,1-4H3,(H,23,25). The lowest BCUT2D eigenvalue weighted by atomic mass is 9.97. The molecule has 1 amide bonds. The molecule has 1 heterocycles. The van der Waals surface area contributed by atoms with E-state index in [4.69, 9.17) is 14.2 Å². The molecule has 1 atom stereocenters. The van der Waals surface area contributed by atoms with Crippen molar-refractivity contribution in [3.63, 3.8) is 0 Å². The summed E-state index contributed by atoms with van der Waals surface area (Å²) >= 11 is 0. The number of rotatable bonds is 9. The predicted molar refractivity (Wildman–Crippen MR) is 118 cm³/mol. The van der Waals surface area contributed by atoms with Gasteiger partial charge in [-0.3, -0.25) is 9.10 Å². The van der Waals surface area contributed by atoms with Crippen molar-refractivity contribution >= 4 is 21.6 Å². The molecule has 1 N–H and O–H groups in total. The smallest absolute Gasteiger partial charge is 0.241 e. The van der Waals surface area contributed by atoms with E-state index in [-0.39, 0.29) is 19.4 Å². The number of hydrogen-bond donors (Lipinski definition) is 1. The number of amides is 1. The SMILES string of the molecule is COc1ccc(C(CC(C)C)NC(=O)CN(c2ccc3c(c2)OCO3)S(C)(=O)=O)cc1. The molecule has 0 saturated heterocycles. The zero-order valence-electron chi connectivity index (χ0n) is 18.1. The van der Waals surface area contributed by atoms with Gasteiger partial charge in [-0.05, 0) is 42.2 Å². The molecule has 2 aromatic rings. The van der Waals surface area contributed by atoms with Gasteiger partial charge in [0.15, 0.2) is 11.5 Å². The molecule has 1 aliphatic rings. The van der Waals surface area contributed by atoms with Crippen molar-refractivity contribution in [1.29, 1.82) is 0 Å². The second kappa shape index (κ2) is 9.47. The van der Waals surface area contributed by atoms with Gasteiger partial charge in [-0.25, -0.2) is 8.42 Å². The molecule has 3 rings (SSSR count). The Morgan fingerprint density at radius 3 is 2.42 bits per heavy atom. The fourth-order valence-corrected chi connectivity index (χ4v) is 4.25. The quantitative estimate of drug-likeness (QED) is 0.634. The number of methoxy groups -OCH3 is 1. The van der Waals surface area contributed by atoms with Crippen molar-refractivity contribution in [2.24, 2.45) is 5.92 Å². The number of carbonyl (C=O) groups excluding carboxylic acids is 1. The average Bonchev–Trinajstić information content (AvgIpc) is 3.18. The van der Waals surface area contributed by atoms with Crippen LogP contribution in [-0.4, -0.2) is 41.0 Å². The molecule has 0 radical (unpaired) electrons. The Hall–Kier alpha value is -2.94. The monoisotopic (exact) mass is 448 g/mol. The van der Waals surface area contributed by atoms with Crippen molar-refractivity contribution in [2.75, 3.05) is 31.0 Å². The van der Waals surface area contributed by atoms with Crippen molar-refractivity contribution in [3.05, 3.63) is 48.0 Å². The molecule has 0 fully saturated rings. The number of nitrogens with one attached hydrogen (secondary N) is 1. The fraction of sp³-hybridized carbons (Fsp3) is 0.409. The van der Waals surface area contributed by atoms with E-state index in [0.717, 1.165) is 21.9 Å². The van der Waals surface area contributed by atoms with Gasteiger partial charge in [-0.15, -0.1) is 0 Å². The van der Waals surface area contributed by atoms with Gasteiger partial charge in [0.2, 0.25) is 22.7 Å². The summed E-state index contributed by atoms with van der Waals surface area (Å²) in [6.45, 7) is 3.87. The number of carbonyl (C=O) groups is 1. The van der Waals surface area contributed by atoms with E-state index >= 15 is 0 Å². The molecular weight excluding hydrogens is 420 g/mol. The third-order valence-electron chi connectivity index (χ3n) is 4.89. The van der Waals surface area contributed by atoms with E-state index in [1.54, 1.807) is 25.3 Å². The highest BCUT2D eigenvalue weighted by molar-refractivity contribution is 7.92. The van der Waals surface area contributed by atoms with Crippen molar-refractivity contribution in [1.82, 2.24) is 5.32 Å². The molecule has 0 aliphatic carbocycles. The first-order chi connectivity index (χ1) is 14.7. The van der Waals surface area contributed by atoms with Crippen LogP contribution in [0.2, 0.25) is 0 Å². The third-order valence-corrected chi connectivity index (χ3v) is 6.03. The van der Waals surface area contributed by atoms with Gasteiger partial charge in [-0.1, -0.05) is 26.0 Å². The van der Waals surface area contributed by atoms with Crippen LogP contribution in [0.4, 0.5) is 5.69 Å². The van der Waals surface area contributed by atoms with E-state index in [0.29, 0.717) is 29.5 Å². The maximum Gasteiger partial charge on any atom is 0.241 e. The number of sulfonamides is 1.